The first-order chi connectivity index (χ1) is 19.5. The quantitative estimate of drug-likeness (QED) is 0.286. The number of thioether (sulfide) groups is 1. The van der Waals surface area contributed by atoms with E-state index in [1.807, 2.05) is 45.0 Å². The number of nitrogens with zero attached hydrogens (tertiary/aromatic N) is 4. The summed E-state index contributed by atoms with van der Waals surface area (Å²) in [6.45, 7) is 6.01. The number of aromatic nitrogens is 2. The number of benzene rings is 2. The molecule has 2 heterocycles. The van der Waals surface area contributed by atoms with Crippen molar-refractivity contribution in [3.63, 3.8) is 0 Å². The summed E-state index contributed by atoms with van der Waals surface area (Å²) in [5.41, 5.74) is 10.0. The number of hydrogen-bond acceptors (Lipinski definition) is 9. The van der Waals surface area contributed by atoms with Crippen molar-refractivity contribution in [3.8, 4) is 6.07 Å². The van der Waals surface area contributed by atoms with E-state index >= 15 is 0 Å². The van der Waals surface area contributed by atoms with Gasteiger partial charge in [0, 0.05) is 23.4 Å². The van der Waals surface area contributed by atoms with E-state index in [4.69, 9.17) is 28.9 Å². The minimum atomic E-state index is -0.756. The van der Waals surface area contributed by atoms with Gasteiger partial charge in [0.05, 0.1) is 33.4 Å². The number of hydrogen-bond donors (Lipinski definition) is 2. The van der Waals surface area contributed by atoms with Crippen LogP contribution >= 0.6 is 46.3 Å². The molecule has 0 fully saturated rings. The van der Waals surface area contributed by atoms with Crippen LogP contribution in [-0.4, -0.2) is 27.6 Å². The zero-order chi connectivity index (χ0) is 29.5. The summed E-state index contributed by atoms with van der Waals surface area (Å²) in [6.07, 6.45) is 0.823. The molecule has 1 unspecified atom stereocenters. The fraction of sp³-hybridized carbons (Fsp3) is 0.276. The lowest BCUT2D eigenvalue weighted by atomic mass is 9.68. The fourth-order valence-electron chi connectivity index (χ4n) is 5.09. The van der Waals surface area contributed by atoms with Gasteiger partial charge in [-0.1, -0.05) is 90.0 Å². The van der Waals surface area contributed by atoms with Gasteiger partial charge in [-0.2, -0.15) is 5.26 Å². The molecule has 0 radical (unpaired) electrons. The smallest absolute Gasteiger partial charge is 0.234 e. The molecule has 1 amide bonds. The van der Waals surface area contributed by atoms with Crippen LogP contribution in [0.3, 0.4) is 0 Å². The Bertz CT molecular complexity index is 1660. The van der Waals surface area contributed by atoms with Gasteiger partial charge >= 0.3 is 0 Å². The lowest BCUT2D eigenvalue weighted by molar-refractivity contribution is -0.118. The van der Waals surface area contributed by atoms with Crippen LogP contribution in [0.2, 0.25) is 10.0 Å². The minimum Gasteiger partial charge on any atom is -0.384 e. The zero-order valence-electron chi connectivity index (χ0n) is 22.5. The number of nitrogens with two attached hydrogens (primary N) is 1. The molecule has 210 valence electrons. The molecule has 1 aromatic heterocycles. The van der Waals surface area contributed by atoms with Gasteiger partial charge in [0.2, 0.25) is 11.0 Å². The van der Waals surface area contributed by atoms with Crippen molar-refractivity contribution in [3.05, 3.63) is 86.3 Å². The number of nitriles is 1. The number of ketones is 1. The summed E-state index contributed by atoms with van der Waals surface area (Å²) in [5, 5.41) is 22.8. The number of allylic oxidation sites excluding steroid dienone is 3. The maximum atomic E-state index is 13.7. The minimum absolute atomic E-state index is 0.0885. The number of Topliss-reactive ketones (excluding diaryl/α,β-unsaturated/α-hetero) is 1. The molecule has 41 heavy (non-hydrogen) atoms. The Hall–Kier alpha value is -3.36. The SMILES string of the molecule is Cc1ccc(NC(=O)CSc2nnc(N3C(N)=C(C#N)C(c4cccc(Cl)c4Cl)C4=C3CC(C)(C)CC4=O)s2)cc1. The van der Waals surface area contributed by atoms with Crippen LogP contribution in [0, 0.1) is 23.7 Å². The van der Waals surface area contributed by atoms with Crippen molar-refractivity contribution >= 4 is 68.8 Å². The molecule has 2 aliphatic rings. The number of amides is 1. The van der Waals surface area contributed by atoms with Gasteiger partial charge in [0.25, 0.3) is 0 Å². The molecule has 8 nitrogen and oxygen atoms in total. The maximum absolute atomic E-state index is 13.7. The van der Waals surface area contributed by atoms with Crippen molar-refractivity contribution in [2.75, 3.05) is 16.0 Å². The van der Waals surface area contributed by atoms with Crippen LogP contribution in [0.5, 0.6) is 0 Å². The lowest BCUT2D eigenvalue weighted by Crippen LogP contribution is -2.42. The number of nitrogens with one attached hydrogen (secondary N) is 1. The van der Waals surface area contributed by atoms with E-state index in [0.29, 0.717) is 49.9 Å². The van der Waals surface area contributed by atoms with Crippen molar-refractivity contribution in [1.82, 2.24) is 10.2 Å². The number of carbonyl (C=O) groups is 2. The zero-order valence-corrected chi connectivity index (χ0v) is 25.6. The van der Waals surface area contributed by atoms with Gasteiger partial charge in [-0.25, -0.2) is 0 Å². The van der Waals surface area contributed by atoms with Gasteiger partial charge in [-0.05, 0) is 42.5 Å². The molecule has 0 spiro atoms. The Morgan fingerprint density at radius 3 is 2.66 bits per heavy atom. The number of carbonyl (C=O) groups excluding carboxylic acids is 2. The highest BCUT2D eigenvalue weighted by Crippen LogP contribution is 2.52. The molecule has 0 saturated heterocycles. The summed E-state index contributed by atoms with van der Waals surface area (Å²) in [5.74, 6) is -0.734. The van der Waals surface area contributed by atoms with E-state index < -0.39 is 5.92 Å². The summed E-state index contributed by atoms with van der Waals surface area (Å²) < 4.78 is 0.550. The van der Waals surface area contributed by atoms with E-state index in [2.05, 4.69) is 21.6 Å². The van der Waals surface area contributed by atoms with Gasteiger partial charge in [0.1, 0.15) is 5.82 Å². The highest BCUT2D eigenvalue weighted by atomic mass is 35.5. The summed E-state index contributed by atoms with van der Waals surface area (Å²) in [4.78, 5) is 27.9. The van der Waals surface area contributed by atoms with Crippen molar-refractivity contribution < 1.29 is 9.59 Å². The summed E-state index contributed by atoms with van der Waals surface area (Å²) in [6, 6.07) is 14.9. The molecule has 2 aromatic carbocycles. The van der Waals surface area contributed by atoms with Gasteiger partial charge in [-0.15, -0.1) is 10.2 Å². The molecule has 3 aromatic rings. The third-order valence-corrected chi connectivity index (χ3v) is 9.80. The highest BCUT2D eigenvalue weighted by molar-refractivity contribution is 8.01. The molecule has 1 aliphatic heterocycles. The summed E-state index contributed by atoms with van der Waals surface area (Å²) >= 11 is 15.4. The first-order valence-corrected chi connectivity index (χ1v) is 15.3. The van der Waals surface area contributed by atoms with E-state index in [-0.39, 0.29) is 39.3 Å². The van der Waals surface area contributed by atoms with Crippen LogP contribution in [0.25, 0.3) is 0 Å². The van der Waals surface area contributed by atoms with Crippen LogP contribution in [0.15, 0.2) is 69.5 Å². The molecular weight excluding hydrogens is 599 g/mol. The van der Waals surface area contributed by atoms with Crippen LogP contribution in [-0.2, 0) is 9.59 Å². The van der Waals surface area contributed by atoms with Crippen LogP contribution in [0.4, 0.5) is 10.8 Å². The maximum Gasteiger partial charge on any atom is 0.234 e. The van der Waals surface area contributed by atoms with Crippen LogP contribution < -0.4 is 16.0 Å². The Morgan fingerprint density at radius 1 is 1.22 bits per heavy atom. The monoisotopic (exact) mass is 624 g/mol. The first kappa shape index (κ1) is 29.1. The second kappa shape index (κ2) is 11.5. The van der Waals surface area contributed by atoms with Crippen molar-refractivity contribution in [1.29, 1.82) is 5.26 Å². The highest BCUT2D eigenvalue weighted by Gasteiger charge is 2.46. The third kappa shape index (κ3) is 5.86. The van der Waals surface area contributed by atoms with E-state index in [0.717, 1.165) is 5.56 Å². The number of halogens is 2. The van der Waals surface area contributed by atoms with Crippen molar-refractivity contribution in [2.45, 2.75) is 43.9 Å². The average molecular weight is 626 g/mol. The normalized spacial score (nSPS) is 18.3. The average Bonchev–Trinajstić information content (AvgIpc) is 3.37. The second-order valence-electron chi connectivity index (χ2n) is 10.7. The van der Waals surface area contributed by atoms with E-state index in [1.54, 1.807) is 23.1 Å². The Morgan fingerprint density at radius 2 is 1.95 bits per heavy atom. The Kier molecular flexibility index (Phi) is 8.17. The molecular formula is C29H26Cl2N6O2S2. The van der Waals surface area contributed by atoms with Gasteiger partial charge < -0.3 is 11.1 Å². The largest absolute Gasteiger partial charge is 0.384 e. The van der Waals surface area contributed by atoms with Gasteiger partial charge in [-0.3, -0.25) is 14.5 Å². The fourth-order valence-corrected chi connectivity index (χ4v) is 7.19. The summed E-state index contributed by atoms with van der Waals surface area (Å²) in [7, 11) is 0. The second-order valence-corrected chi connectivity index (χ2v) is 13.6. The number of rotatable bonds is 6. The van der Waals surface area contributed by atoms with E-state index in [1.165, 1.54) is 23.1 Å². The Balaban J connectivity index is 1.48. The van der Waals surface area contributed by atoms with E-state index in [9.17, 15) is 14.9 Å². The third-order valence-electron chi connectivity index (χ3n) is 6.92. The predicted molar refractivity (Wildman–Crippen MR) is 164 cm³/mol. The predicted octanol–water partition coefficient (Wildman–Crippen LogP) is 6.83. The molecule has 0 saturated carbocycles. The standard InChI is InChI=1S/C29H26Cl2N6O2S2/c1-15-7-9-16(10-8-15)34-22(39)14-40-28-36-35-27(41-28)37-20-11-29(2,3)12-21(38)24(20)23(18(13-32)26(37)33)17-5-4-6-19(30)25(17)31/h4-10,23H,11-12,14,33H2,1-3H3,(H,34,39). The molecule has 5 rings (SSSR count). The molecule has 3 N–H and O–H groups in total. The molecule has 1 aliphatic carbocycles. The first-order valence-electron chi connectivity index (χ1n) is 12.7. The topological polar surface area (TPSA) is 125 Å². The van der Waals surface area contributed by atoms with Gasteiger partial charge in [0.15, 0.2) is 10.1 Å². The van der Waals surface area contributed by atoms with Crippen LogP contribution in [0.1, 0.15) is 43.7 Å². The molecule has 1 atom stereocenters. The number of aryl methyl sites for hydroxylation is 1. The Labute approximate surface area is 256 Å². The number of anilines is 2. The molecule has 0 bridgehead atoms. The van der Waals surface area contributed by atoms with Crippen molar-refractivity contribution in [2.24, 2.45) is 11.1 Å². The lowest BCUT2D eigenvalue weighted by Gasteiger charge is -2.42. The molecule has 12 heteroatoms.